The molecular formula is C16H19N5O. The minimum atomic E-state index is 0.572. The molecule has 0 saturated heterocycles. The molecule has 3 aliphatic rings. The Morgan fingerprint density at radius 3 is 2.77 bits per heavy atom. The van der Waals surface area contributed by atoms with Crippen LogP contribution in [0.5, 0.6) is 0 Å². The van der Waals surface area contributed by atoms with Gasteiger partial charge in [-0.2, -0.15) is 5.12 Å². The number of para-hydroxylation sites is 1. The van der Waals surface area contributed by atoms with Crippen LogP contribution in [0.15, 0.2) is 60.1 Å². The lowest BCUT2D eigenvalue weighted by Gasteiger charge is -2.44. The summed E-state index contributed by atoms with van der Waals surface area (Å²) in [6, 6.07) is 10.8. The first kappa shape index (κ1) is 13.2. The fourth-order valence-electron chi connectivity index (χ4n) is 2.84. The molecule has 2 heterocycles. The highest BCUT2D eigenvalue weighted by molar-refractivity contribution is 5.96. The van der Waals surface area contributed by atoms with E-state index in [1.807, 2.05) is 35.6 Å². The topological polar surface area (TPSA) is 43.3 Å². The van der Waals surface area contributed by atoms with Crippen molar-refractivity contribution in [1.82, 2.24) is 15.6 Å². The van der Waals surface area contributed by atoms with Gasteiger partial charge in [-0.15, -0.1) is 0 Å². The van der Waals surface area contributed by atoms with Crippen molar-refractivity contribution in [2.75, 3.05) is 11.6 Å². The zero-order valence-corrected chi connectivity index (χ0v) is 12.3. The molecule has 0 radical (unpaired) electrons. The van der Waals surface area contributed by atoms with Gasteiger partial charge >= 0.3 is 0 Å². The quantitative estimate of drug-likeness (QED) is 0.928. The largest absolute Gasteiger partial charge is 0.394 e. The second-order valence-electron chi connectivity index (χ2n) is 5.54. The van der Waals surface area contributed by atoms with Crippen molar-refractivity contribution in [3.8, 4) is 0 Å². The smallest absolute Gasteiger partial charge is 0.227 e. The molecule has 6 nitrogen and oxygen atoms in total. The van der Waals surface area contributed by atoms with Crippen molar-refractivity contribution in [1.29, 1.82) is 0 Å². The van der Waals surface area contributed by atoms with E-state index in [0.717, 1.165) is 18.2 Å². The van der Waals surface area contributed by atoms with Gasteiger partial charge in [0.25, 0.3) is 0 Å². The van der Waals surface area contributed by atoms with Gasteiger partial charge in [0.05, 0.1) is 11.9 Å². The first-order valence-corrected chi connectivity index (χ1v) is 7.65. The predicted octanol–water partition coefficient (Wildman–Crippen LogP) is 2.37. The average Bonchev–Trinajstić information content (AvgIpc) is 3.03. The zero-order valence-electron chi connectivity index (χ0n) is 12.3. The third kappa shape index (κ3) is 2.31. The molecule has 1 aliphatic carbocycles. The Morgan fingerprint density at radius 2 is 2.09 bits per heavy atom. The first-order valence-electron chi connectivity index (χ1n) is 7.65. The molecule has 6 heteroatoms. The fourth-order valence-corrected chi connectivity index (χ4v) is 2.84. The Labute approximate surface area is 129 Å². The van der Waals surface area contributed by atoms with E-state index < -0.39 is 0 Å². The van der Waals surface area contributed by atoms with Gasteiger partial charge in [-0.3, -0.25) is 0 Å². The molecule has 1 fully saturated rings. The van der Waals surface area contributed by atoms with Crippen LogP contribution in [0.1, 0.15) is 19.3 Å². The fraction of sp³-hybridized carbons (Fsp3) is 0.312. The van der Waals surface area contributed by atoms with Crippen molar-refractivity contribution in [3.63, 3.8) is 0 Å². The number of nitrogens with one attached hydrogen (secondary N) is 1. The Bertz CT molecular complexity index is 608. The second-order valence-corrected chi connectivity index (χ2v) is 5.54. The number of anilines is 1. The summed E-state index contributed by atoms with van der Waals surface area (Å²) in [7, 11) is 0. The van der Waals surface area contributed by atoms with E-state index in [2.05, 4.69) is 33.7 Å². The van der Waals surface area contributed by atoms with E-state index in [4.69, 9.17) is 4.84 Å². The highest BCUT2D eigenvalue weighted by Crippen LogP contribution is 2.29. The van der Waals surface area contributed by atoms with Gasteiger partial charge in [0.2, 0.25) is 5.96 Å². The third-order valence-electron chi connectivity index (χ3n) is 4.19. The lowest BCUT2D eigenvalue weighted by Crippen LogP contribution is -2.58. The van der Waals surface area contributed by atoms with Crippen LogP contribution in [0, 0.1) is 0 Å². The van der Waals surface area contributed by atoms with E-state index in [9.17, 15) is 0 Å². The number of nitrogens with zero attached hydrogens (tertiary/aromatic N) is 4. The van der Waals surface area contributed by atoms with Crippen molar-refractivity contribution in [2.45, 2.75) is 25.3 Å². The lowest BCUT2D eigenvalue weighted by atomic mass is 9.91. The molecule has 0 bridgehead atoms. The van der Waals surface area contributed by atoms with Crippen molar-refractivity contribution >= 4 is 11.6 Å². The van der Waals surface area contributed by atoms with Crippen molar-refractivity contribution < 1.29 is 4.84 Å². The molecule has 0 aromatic heterocycles. The summed E-state index contributed by atoms with van der Waals surface area (Å²) in [4.78, 5) is 12.2. The summed E-state index contributed by atoms with van der Waals surface area (Å²) in [5.41, 5.74) is 3.90. The molecule has 2 aliphatic heterocycles. The van der Waals surface area contributed by atoms with E-state index >= 15 is 0 Å². The number of guanidine groups is 1. The van der Waals surface area contributed by atoms with E-state index in [0.29, 0.717) is 6.04 Å². The Hall–Kier alpha value is -2.47. The molecule has 0 spiro atoms. The Morgan fingerprint density at radius 1 is 1.23 bits per heavy atom. The Kier molecular flexibility index (Phi) is 3.44. The lowest BCUT2D eigenvalue weighted by molar-refractivity contribution is 0.0351. The predicted molar refractivity (Wildman–Crippen MR) is 85.0 cm³/mol. The number of hydrazine groups is 2. The highest BCUT2D eigenvalue weighted by atomic mass is 16.7. The summed E-state index contributed by atoms with van der Waals surface area (Å²) in [5, 5.41) is 3.84. The normalized spacial score (nSPS) is 20.6. The van der Waals surface area contributed by atoms with Crippen LogP contribution in [0.3, 0.4) is 0 Å². The number of aliphatic imine (C=N–C) groups is 1. The van der Waals surface area contributed by atoms with Crippen molar-refractivity contribution in [3.05, 3.63) is 55.1 Å². The molecule has 1 N–H and O–H groups in total. The number of hydrogen-bond donors (Lipinski definition) is 1. The van der Waals surface area contributed by atoms with Gasteiger partial charge in [0, 0.05) is 18.8 Å². The number of benzene rings is 1. The maximum atomic E-state index is 5.15. The summed E-state index contributed by atoms with van der Waals surface area (Å²) in [6.45, 7) is 0.894. The van der Waals surface area contributed by atoms with Crippen LogP contribution in [0.2, 0.25) is 0 Å². The molecule has 114 valence electrons. The molecule has 1 aromatic rings. The molecule has 4 rings (SSSR count). The third-order valence-corrected chi connectivity index (χ3v) is 4.19. The standard InChI is InChI=1S/C16H19N5O/c1-2-6-15(7-3-1)21(20-12-13-22-18-20)16-17-10-5-11-19(16)14-8-4-9-14/h1-3,5-7,10,12-14,18H,4,8-9,11H2. The second kappa shape index (κ2) is 5.73. The van der Waals surface area contributed by atoms with E-state index in [-0.39, 0.29) is 0 Å². The molecule has 1 saturated carbocycles. The monoisotopic (exact) mass is 297 g/mol. The first-order chi connectivity index (χ1) is 10.9. The number of rotatable bonds is 3. The summed E-state index contributed by atoms with van der Waals surface area (Å²) in [5.74, 6) is 0.918. The maximum absolute atomic E-state index is 5.15. The van der Waals surface area contributed by atoms with Crippen LogP contribution < -0.4 is 10.6 Å². The summed E-state index contributed by atoms with van der Waals surface area (Å²) < 4.78 is 0. The van der Waals surface area contributed by atoms with E-state index in [1.54, 1.807) is 11.4 Å². The molecule has 1 aromatic carbocycles. The maximum Gasteiger partial charge on any atom is 0.227 e. The highest BCUT2D eigenvalue weighted by Gasteiger charge is 2.33. The minimum Gasteiger partial charge on any atom is -0.394 e. The Balaban J connectivity index is 1.70. The van der Waals surface area contributed by atoms with Gasteiger partial charge in [0.1, 0.15) is 6.26 Å². The van der Waals surface area contributed by atoms with Crippen LogP contribution in [0.25, 0.3) is 0 Å². The average molecular weight is 297 g/mol. The van der Waals surface area contributed by atoms with E-state index in [1.165, 1.54) is 19.3 Å². The molecule has 0 atom stereocenters. The van der Waals surface area contributed by atoms with Gasteiger partial charge in [0.15, 0.2) is 0 Å². The summed E-state index contributed by atoms with van der Waals surface area (Å²) >= 11 is 0. The van der Waals surface area contributed by atoms with Crippen molar-refractivity contribution in [2.24, 2.45) is 4.99 Å². The van der Waals surface area contributed by atoms with Crippen LogP contribution >= 0.6 is 0 Å². The van der Waals surface area contributed by atoms with Gasteiger partial charge in [-0.05, 0) is 43.1 Å². The molecule has 22 heavy (non-hydrogen) atoms. The molecular weight excluding hydrogens is 278 g/mol. The van der Waals surface area contributed by atoms with Crippen LogP contribution in [-0.4, -0.2) is 28.6 Å². The van der Waals surface area contributed by atoms with Gasteiger partial charge < -0.3 is 9.74 Å². The minimum absolute atomic E-state index is 0.572. The van der Waals surface area contributed by atoms with Crippen LogP contribution in [0.4, 0.5) is 5.69 Å². The SMILES string of the molecule is C1=CN=C(N(c2ccccc2)N2C=CON2)N(C2CCC2)C1. The number of hydrogen-bond acceptors (Lipinski definition) is 6. The van der Waals surface area contributed by atoms with Gasteiger partial charge in [-0.1, -0.05) is 18.2 Å². The zero-order chi connectivity index (χ0) is 14.8. The van der Waals surface area contributed by atoms with Gasteiger partial charge in [-0.25, -0.2) is 10.0 Å². The molecule has 0 unspecified atom stereocenters. The summed E-state index contributed by atoms with van der Waals surface area (Å²) in [6.07, 6.45) is 11.2. The van der Waals surface area contributed by atoms with Crippen LogP contribution in [-0.2, 0) is 4.84 Å². The molecule has 0 amide bonds.